The normalized spacial score (nSPS) is 19.5. The number of rotatable bonds is 2. The van der Waals surface area contributed by atoms with E-state index < -0.39 is 0 Å². The molecule has 1 aliphatic rings. The number of H-pyrrole nitrogens is 1. The minimum atomic E-state index is -0.128. The third-order valence-corrected chi connectivity index (χ3v) is 4.04. The zero-order chi connectivity index (χ0) is 12.2. The Labute approximate surface area is 100 Å². The van der Waals surface area contributed by atoms with Gasteiger partial charge in [-0.3, -0.25) is 0 Å². The highest BCUT2D eigenvalue weighted by atomic mass is 19.1. The van der Waals surface area contributed by atoms with Gasteiger partial charge in [-0.2, -0.15) is 0 Å². The maximum Gasteiger partial charge on any atom is 0.127 e. The van der Waals surface area contributed by atoms with Crippen LogP contribution in [0.15, 0.2) is 18.2 Å². The summed E-state index contributed by atoms with van der Waals surface area (Å²) in [6.07, 6.45) is 1.99. The molecular weight excluding hydrogens is 215 g/mol. The largest absolute Gasteiger partial charge is 0.359 e. The van der Waals surface area contributed by atoms with Gasteiger partial charge in [-0.1, -0.05) is 0 Å². The van der Waals surface area contributed by atoms with E-state index in [0.29, 0.717) is 0 Å². The van der Waals surface area contributed by atoms with Crippen LogP contribution in [0.5, 0.6) is 0 Å². The third-order valence-electron chi connectivity index (χ3n) is 4.04. The highest BCUT2D eigenvalue weighted by molar-refractivity contribution is 5.81. The smallest absolute Gasteiger partial charge is 0.127 e. The lowest BCUT2D eigenvalue weighted by molar-refractivity contribution is 0.513. The van der Waals surface area contributed by atoms with Gasteiger partial charge in [0.05, 0.1) is 0 Å². The first-order valence-electron chi connectivity index (χ1n) is 6.08. The average molecular weight is 232 g/mol. The monoisotopic (exact) mass is 232 g/mol. The molecule has 1 aromatic heterocycles. The van der Waals surface area contributed by atoms with E-state index in [1.165, 1.54) is 0 Å². The van der Waals surface area contributed by atoms with Gasteiger partial charge in [0, 0.05) is 28.1 Å². The van der Waals surface area contributed by atoms with Crippen molar-refractivity contribution in [3.63, 3.8) is 0 Å². The summed E-state index contributed by atoms with van der Waals surface area (Å²) in [6, 6.07) is 5.53. The van der Waals surface area contributed by atoms with E-state index in [9.17, 15) is 4.39 Å². The minimum absolute atomic E-state index is 0.00510. The first-order chi connectivity index (χ1) is 8.03. The van der Waals surface area contributed by atoms with E-state index in [-0.39, 0.29) is 17.3 Å². The second-order valence-electron chi connectivity index (χ2n) is 5.32. The Balaban J connectivity index is 2.20. The zero-order valence-electron chi connectivity index (χ0n) is 10.2. The minimum Gasteiger partial charge on any atom is -0.359 e. The maximum atomic E-state index is 14.2. The number of nitrogens with two attached hydrogens (primary N) is 1. The molecule has 0 amide bonds. The molecule has 0 spiro atoms. The van der Waals surface area contributed by atoms with Crippen LogP contribution in [-0.4, -0.2) is 11.0 Å². The standard InChI is InChI=1S/C14H17FN2/c1-8-5-10-6-12(15)11(7-13(10)17-8)14(3-4-14)9(2)16/h5-7,9,17H,3-4,16H2,1-2H3. The van der Waals surface area contributed by atoms with Crippen molar-refractivity contribution in [3.05, 3.63) is 35.3 Å². The average Bonchev–Trinajstić information content (AvgIpc) is 2.96. The molecule has 3 rings (SSSR count). The van der Waals surface area contributed by atoms with Crippen LogP contribution in [0.3, 0.4) is 0 Å². The van der Waals surface area contributed by atoms with Gasteiger partial charge in [0.1, 0.15) is 5.82 Å². The summed E-state index contributed by atoms with van der Waals surface area (Å²) in [5.41, 5.74) is 8.72. The molecule has 1 aromatic carbocycles. The molecular formula is C14H17FN2. The van der Waals surface area contributed by atoms with Gasteiger partial charge in [-0.15, -0.1) is 0 Å². The summed E-state index contributed by atoms with van der Waals surface area (Å²) >= 11 is 0. The Hall–Kier alpha value is -1.35. The fraction of sp³-hybridized carbons (Fsp3) is 0.429. The number of aromatic nitrogens is 1. The number of fused-ring (bicyclic) bond motifs is 1. The summed E-state index contributed by atoms with van der Waals surface area (Å²) in [7, 11) is 0. The molecule has 1 fully saturated rings. The van der Waals surface area contributed by atoms with Crippen LogP contribution in [0.4, 0.5) is 4.39 Å². The lowest BCUT2D eigenvalue weighted by Gasteiger charge is -2.20. The molecule has 0 saturated heterocycles. The van der Waals surface area contributed by atoms with E-state index in [4.69, 9.17) is 5.73 Å². The maximum absolute atomic E-state index is 14.2. The fourth-order valence-electron chi connectivity index (χ4n) is 2.78. The molecule has 3 heteroatoms. The van der Waals surface area contributed by atoms with Gasteiger partial charge in [0.2, 0.25) is 0 Å². The molecule has 0 aliphatic heterocycles. The van der Waals surface area contributed by atoms with Crippen molar-refractivity contribution in [1.29, 1.82) is 0 Å². The second kappa shape index (κ2) is 3.33. The fourth-order valence-corrected chi connectivity index (χ4v) is 2.78. The van der Waals surface area contributed by atoms with Crippen molar-refractivity contribution in [1.82, 2.24) is 4.98 Å². The molecule has 2 aromatic rings. The van der Waals surface area contributed by atoms with Crippen molar-refractivity contribution >= 4 is 10.9 Å². The topological polar surface area (TPSA) is 41.8 Å². The molecule has 3 N–H and O–H groups in total. The molecule has 1 atom stereocenters. The summed E-state index contributed by atoms with van der Waals surface area (Å²) in [6.45, 7) is 3.95. The van der Waals surface area contributed by atoms with Crippen LogP contribution in [0.2, 0.25) is 0 Å². The second-order valence-corrected chi connectivity index (χ2v) is 5.32. The van der Waals surface area contributed by atoms with E-state index in [1.807, 2.05) is 26.0 Å². The molecule has 1 saturated carbocycles. The van der Waals surface area contributed by atoms with Crippen LogP contribution in [-0.2, 0) is 5.41 Å². The summed E-state index contributed by atoms with van der Waals surface area (Å²) in [4.78, 5) is 3.26. The number of benzene rings is 1. The Morgan fingerprint density at radius 3 is 2.65 bits per heavy atom. The molecule has 0 radical (unpaired) electrons. The van der Waals surface area contributed by atoms with Crippen molar-refractivity contribution in [2.45, 2.75) is 38.1 Å². The molecule has 17 heavy (non-hydrogen) atoms. The van der Waals surface area contributed by atoms with Gasteiger partial charge in [0.15, 0.2) is 0 Å². The lowest BCUT2D eigenvalue weighted by atomic mass is 9.88. The quantitative estimate of drug-likeness (QED) is 0.821. The van der Waals surface area contributed by atoms with Gasteiger partial charge in [-0.25, -0.2) is 4.39 Å². The summed E-state index contributed by atoms with van der Waals surface area (Å²) in [5, 5.41) is 0.934. The number of aromatic amines is 1. The SMILES string of the molecule is Cc1cc2cc(F)c(C3(C(C)N)CC3)cc2[nH]1. The highest BCUT2D eigenvalue weighted by Gasteiger charge is 2.49. The van der Waals surface area contributed by atoms with E-state index in [2.05, 4.69) is 4.98 Å². The van der Waals surface area contributed by atoms with Crippen molar-refractivity contribution in [3.8, 4) is 0 Å². The van der Waals surface area contributed by atoms with Gasteiger partial charge >= 0.3 is 0 Å². The summed E-state index contributed by atoms with van der Waals surface area (Å²) in [5.74, 6) is -0.119. The van der Waals surface area contributed by atoms with E-state index in [1.54, 1.807) is 6.07 Å². The summed E-state index contributed by atoms with van der Waals surface area (Å²) < 4.78 is 14.2. The molecule has 2 nitrogen and oxygen atoms in total. The van der Waals surface area contributed by atoms with Gasteiger partial charge in [-0.05, 0) is 50.5 Å². The lowest BCUT2D eigenvalue weighted by Crippen LogP contribution is -2.32. The molecule has 1 heterocycles. The van der Waals surface area contributed by atoms with Crippen LogP contribution >= 0.6 is 0 Å². The highest BCUT2D eigenvalue weighted by Crippen LogP contribution is 2.51. The van der Waals surface area contributed by atoms with Crippen LogP contribution in [0.1, 0.15) is 31.0 Å². The van der Waals surface area contributed by atoms with E-state index in [0.717, 1.165) is 35.0 Å². The first-order valence-corrected chi connectivity index (χ1v) is 6.08. The van der Waals surface area contributed by atoms with Crippen molar-refractivity contribution in [2.75, 3.05) is 0 Å². The molecule has 1 aliphatic carbocycles. The van der Waals surface area contributed by atoms with Crippen molar-refractivity contribution < 1.29 is 4.39 Å². The molecule has 0 bridgehead atoms. The molecule has 1 unspecified atom stereocenters. The van der Waals surface area contributed by atoms with Crippen LogP contribution in [0, 0.1) is 12.7 Å². The number of nitrogens with one attached hydrogen (secondary N) is 1. The molecule has 90 valence electrons. The van der Waals surface area contributed by atoms with Crippen LogP contribution < -0.4 is 5.73 Å². The Kier molecular flexibility index (Phi) is 2.11. The Bertz CT molecular complexity index is 579. The number of halogens is 1. The van der Waals surface area contributed by atoms with Crippen LogP contribution in [0.25, 0.3) is 10.9 Å². The Morgan fingerprint density at radius 2 is 2.06 bits per heavy atom. The Morgan fingerprint density at radius 1 is 1.35 bits per heavy atom. The zero-order valence-corrected chi connectivity index (χ0v) is 10.2. The third kappa shape index (κ3) is 1.49. The van der Waals surface area contributed by atoms with Crippen molar-refractivity contribution in [2.24, 2.45) is 5.73 Å². The van der Waals surface area contributed by atoms with Gasteiger partial charge in [0.25, 0.3) is 0 Å². The predicted molar refractivity (Wildman–Crippen MR) is 67.6 cm³/mol. The van der Waals surface area contributed by atoms with Gasteiger partial charge < -0.3 is 10.7 Å². The number of hydrogen-bond donors (Lipinski definition) is 2. The first kappa shape index (κ1) is 10.8. The predicted octanol–water partition coefficient (Wildman–Crippen LogP) is 2.99. The number of hydrogen-bond acceptors (Lipinski definition) is 1. The number of aryl methyl sites for hydroxylation is 1. The van der Waals surface area contributed by atoms with E-state index >= 15 is 0 Å².